The minimum absolute atomic E-state index is 0.0198. The number of benzene rings is 1. The Labute approximate surface area is 124 Å². The van der Waals surface area contributed by atoms with Crippen molar-refractivity contribution in [1.29, 1.82) is 0 Å². The second kappa shape index (κ2) is 5.15. The molecule has 0 saturated carbocycles. The third kappa shape index (κ3) is 2.22. The predicted molar refractivity (Wildman–Crippen MR) is 86.3 cm³/mol. The van der Waals surface area contributed by atoms with E-state index in [2.05, 4.69) is 12.1 Å². The Morgan fingerprint density at radius 3 is 2.71 bits per heavy atom. The van der Waals surface area contributed by atoms with Crippen molar-refractivity contribution in [2.75, 3.05) is 0 Å². The zero-order valence-corrected chi connectivity index (χ0v) is 12.7. The van der Waals surface area contributed by atoms with Gasteiger partial charge in [-0.15, -0.1) is 0 Å². The van der Waals surface area contributed by atoms with E-state index in [1.165, 1.54) is 0 Å². The highest BCUT2D eigenvalue weighted by Gasteiger charge is 2.26. The molecule has 0 spiro atoms. The fraction of sp³-hybridized carbons (Fsp3) is 0.389. The molecule has 0 aliphatic heterocycles. The van der Waals surface area contributed by atoms with Crippen molar-refractivity contribution in [3.05, 3.63) is 51.8 Å². The molecule has 1 aliphatic rings. The smallest absolute Gasteiger partial charge is 0.254 e. The zero-order chi connectivity index (χ0) is 15.1. The summed E-state index contributed by atoms with van der Waals surface area (Å²) < 4.78 is 1.71. The van der Waals surface area contributed by atoms with Gasteiger partial charge in [0.15, 0.2) is 0 Å². The molecule has 1 N–H and O–H groups in total. The van der Waals surface area contributed by atoms with E-state index in [1.807, 2.05) is 45.2 Å². The second-order valence-electron chi connectivity index (χ2n) is 6.24. The molecule has 1 aromatic carbocycles. The highest BCUT2D eigenvalue weighted by Crippen LogP contribution is 2.30. The van der Waals surface area contributed by atoms with Crippen molar-refractivity contribution in [1.82, 2.24) is 4.57 Å². The number of hydrogen-bond donors (Lipinski definition) is 1. The van der Waals surface area contributed by atoms with Crippen LogP contribution in [0, 0.1) is 11.8 Å². The molecule has 3 rings (SSSR count). The van der Waals surface area contributed by atoms with Crippen LogP contribution in [0.15, 0.2) is 35.1 Å². The largest absolute Gasteiger partial charge is 0.392 e. The second-order valence-corrected chi connectivity index (χ2v) is 6.24. The SMILES string of the molecule is CC(C)[C@@H](O)[C@H]1C=Cc2c(c(=O)n(C)c3ccccc23)C1. The summed E-state index contributed by atoms with van der Waals surface area (Å²) in [6, 6.07) is 7.97. The summed E-state index contributed by atoms with van der Waals surface area (Å²) in [6.07, 6.45) is 4.27. The Kier molecular flexibility index (Phi) is 3.46. The van der Waals surface area contributed by atoms with E-state index in [-0.39, 0.29) is 17.4 Å². The molecule has 0 amide bonds. The monoisotopic (exact) mass is 283 g/mol. The van der Waals surface area contributed by atoms with Crippen molar-refractivity contribution >= 4 is 17.0 Å². The molecule has 0 saturated heterocycles. The van der Waals surface area contributed by atoms with Gasteiger partial charge >= 0.3 is 0 Å². The summed E-state index contributed by atoms with van der Waals surface area (Å²) in [5, 5.41) is 11.4. The summed E-state index contributed by atoms with van der Waals surface area (Å²) in [6.45, 7) is 4.01. The zero-order valence-electron chi connectivity index (χ0n) is 12.7. The molecule has 0 fully saturated rings. The van der Waals surface area contributed by atoms with E-state index in [0.29, 0.717) is 6.42 Å². The number of aliphatic hydroxyl groups is 1. The maximum Gasteiger partial charge on any atom is 0.254 e. The summed E-state index contributed by atoms with van der Waals surface area (Å²) >= 11 is 0. The third-order valence-corrected chi connectivity index (χ3v) is 4.52. The van der Waals surface area contributed by atoms with Crippen LogP contribution in [-0.4, -0.2) is 15.8 Å². The van der Waals surface area contributed by atoms with Crippen LogP contribution < -0.4 is 5.56 Å². The number of pyridine rings is 1. The first kappa shape index (κ1) is 14.1. The molecule has 21 heavy (non-hydrogen) atoms. The predicted octanol–water partition coefficient (Wildman–Crippen LogP) is 2.74. The lowest BCUT2D eigenvalue weighted by molar-refractivity contribution is 0.0838. The lowest BCUT2D eigenvalue weighted by Crippen LogP contribution is -2.32. The Morgan fingerprint density at radius 1 is 1.29 bits per heavy atom. The van der Waals surface area contributed by atoms with Gasteiger partial charge in [-0.1, -0.05) is 44.2 Å². The molecule has 0 radical (unpaired) electrons. The molecule has 1 aliphatic carbocycles. The average molecular weight is 283 g/mol. The van der Waals surface area contributed by atoms with Crippen molar-refractivity contribution in [2.45, 2.75) is 26.4 Å². The Balaban J connectivity index is 2.19. The molecule has 0 bridgehead atoms. The van der Waals surface area contributed by atoms with Crippen molar-refractivity contribution in [3.63, 3.8) is 0 Å². The van der Waals surface area contributed by atoms with Crippen LogP contribution in [0.4, 0.5) is 0 Å². The fourth-order valence-electron chi connectivity index (χ4n) is 3.22. The maximum atomic E-state index is 12.6. The van der Waals surface area contributed by atoms with Crippen LogP contribution in [0.25, 0.3) is 17.0 Å². The van der Waals surface area contributed by atoms with Gasteiger partial charge in [-0.3, -0.25) is 4.79 Å². The Hall–Kier alpha value is -1.87. The quantitative estimate of drug-likeness (QED) is 0.921. The molecule has 1 heterocycles. The minimum atomic E-state index is -0.412. The minimum Gasteiger partial charge on any atom is -0.392 e. The van der Waals surface area contributed by atoms with Crippen molar-refractivity contribution in [2.24, 2.45) is 18.9 Å². The summed E-state index contributed by atoms with van der Waals surface area (Å²) in [5.74, 6) is 0.205. The average Bonchev–Trinajstić information content (AvgIpc) is 2.51. The van der Waals surface area contributed by atoms with Crippen LogP contribution in [-0.2, 0) is 13.5 Å². The van der Waals surface area contributed by atoms with Gasteiger partial charge in [-0.05, 0) is 24.0 Å². The number of para-hydroxylation sites is 1. The van der Waals surface area contributed by atoms with Crippen LogP contribution in [0.1, 0.15) is 25.0 Å². The highest BCUT2D eigenvalue weighted by atomic mass is 16.3. The Bertz CT molecular complexity index is 771. The van der Waals surface area contributed by atoms with E-state index in [1.54, 1.807) is 4.57 Å². The number of nitrogens with zero attached hydrogens (tertiary/aromatic N) is 1. The molecule has 3 nitrogen and oxygen atoms in total. The number of aliphatic hydroxyl groups excluding tert-OH is 1. The third-order valence-electron chi connectivity index (χ3n) is 4.52. The van der Waals surface area contributed by atoms with Crippen LogP contribution >= 0.6 is 0 Å². The van der Waals surface area contributed by atoms with Gasteiger partial charge in [0.05, 0.1) is 11.6 Å². The number of hydrogen-bond acceptors (Lipinski definition) is 2. The first-order valence-electron chi connectivity index (χ1n) is 7.47. The topological polar surface area (TPSA) is 42.2 Å². The van der Waals surface area contributed by atoms with Crippen LogP contribution in [0.5, 0.6) is 0 Å². The maximum absolute atomic E-state index is 12.6. The molecule has 2 aromatic rings. The van der Waals surface area contributed by atoms with Gasteiger partial charge in [0.1, 0.15) is 0 Å². The number of aryl methyl sites for hydroxylation is 1. The number of aromatic nitrogens is 1. The Morgan fingerprint density at radius 2 is 2.00 bits per heavy atom. The number of fused-ring (bicyclic) bond motifs is 3. The summed E-state index contributed by atoms with van der Waals surface area (Å²) in [5.41, 5.74) is 2.84. The molecule has 3 heteroatoms. The van der Waals surface area contributed by atoms with Gasteiger partial charge in [0.25, 0.3) is 5.56 Å². The van der Waals surface area contributed by atoms with E-state index in [0.717, 1.165) is 22.0 Å². The van der Waals surface area contributed by atoms with Crippen molar-refractivity contribution in [3.8, 4) is 0 Å². The van der Waals surface area contributed by atoms with E-state index in [9.17, 15) is 9.90 Å². The van der Waals surface area contributed by atoms with Crippen molar-refractivity contribution < 1.29 is 5.11 Å². The molecule has 110 valence electrons. The molecule has 2 atom stereocenters. The van der Waals surface area contributed by atoms with Crippen LogP contribution in [0.2, 0.25) is 0 Å². The van der Waals surface area contributed by atoms with E-state index < -0.39 is 6.10 Å². The lowest BCUT2D eigenvalue weighted by Gasteiger charge is -2.27. The van der Waals surface area contributed by atoms with Gasteiger partial charge in [-0.25, -0.2) is 0 Å². The first-order chi connectivity index (χ1) is 10.0. The normalized spacial score (nSPS) is 19.0. The standard InChI is InChI=1S/C18H21NO2/c1-11(2)17(20)12-8-9-13-14-6-4-5-7-16(14)19(3)18(21)15(13)10-12/h4-9,11-12,17,20H,10H2,1-3H3/t12-,17+/m0/s1. The summed E-state index contributed by atoms with van der Waals surface area (Å²) in [4.78, 5) is 12.6. The first-order valence-corrected chi connectivity index (χ1v) is 7.47. The van der Waals surface area contributed by atoms with Gasteiger partial charge < -0.3 is 9.67 Å². The number of rotatable bonds is 2. The summed E-state index contributed by atoms with van der Waals surface area (Å²) in [7, 11) is 1.82. The van der Waals surface area contributed by atoms with Crippen LogP contribution in [0.3, 0.4) is 0 Å². The molecular weight excluding hydrogens is 262 g/mol. The van der Waals surface area contributed by atoms with Gasteiger partial charge in [-0.2, -0.15) is 0 Å². The van der Waals surface area contributed by atoms with E-state index >= 15 is 0 Å². The fourth-order valence-corrected chi connectivity index (χ4v) is 3.22. The molecular formula is C18H21NO2. The highest BCUT2D eigenvalue weighted by molar-refractivity contribution is 5.90. The molecule has 1 aromatic heterocycles. The van der Waals surface area contributed by atoms with Gasteiger partial charge in [0.2, 0.25) is 0 Å². The van der Waals surface area contributed by atoms with E-state index in [4.69, 9.17) is 0 Å². The van der Waals surface area contributed by atoms with Gasteiger partial charge in [0, 0.05) is 23.9 Å². The molecule has 0 unspecified atom stereocenters. The lowest BCUT2D eigenvalue weighted by atomic mass is 9.82.